The Morgan fingerprint density at radius 3 is 2.82 bits per heavy atom. The third-order valence-corrected chi connectivity index (χ3v) is 3.82. The molecule has 1 unspecified atom stereocenters. The van der Waals surface area contributed by atoms with Crippen LogP contribution in [0.15, 0.2) is 24.4 Å². The number of carboxylic acid groups (broad SMARTS) is 1. The number of aliphatic carboxylic acids is 1. The van der Waals surface area contributed by atoms with Crippen molar-refractivity contribution >= 4 is 17.7 Å². The number of nitrogens with zero attached hydrogens (tertiary/aromatic N) is 3. The van der Waals surface area contributed by atoms with Gasteiger partial charge in [-0.2, -0.15) is 0 Å². The van der Waals surface area contributed by atoms with Crippen LogP contribution in [-0.4, -0.2) is 64.3 Å². The van der Waals surface area contributed by atoms with Crippen molar-refractivity contribution in [2.24, 2.45) is 0 Å². The summed E-state index contributed by atoms with van der Waals surface area (Å²) in [5, 5.41) is 19.2. The second-order valence-corrected chi connectivity index (χ2v) is 5.73. The van der Waals surface area contributed by atoms with E-state index < -0.39 is 11.6 Å². The number of aliphatic hydroxyl groups is 1. The molecular formula is C15H21N3O4. The number of carbonyl (C=O) groups excluding carboxylic acids is 1. The summed E-state index contributed by atoms with van der Waals surface area (Å²) in [7, 11) is 1.59. The highest BCUT2D eigenvalue weighted by Crippen LogP contribution is 2.26. The number of pyridine rings is 1. The van der Waals surface area contributed by atoms with Gasteiger partial charge in [-0.25, -0.2) is 4.98 Å². The molecule has 0 aliphatic carbocycles. The Morgan fingerprint density at radius 1 is 1.41 bits per heavy atom. The van der Waals surface area contributed by atoms with Crippen LogP contribution in [0.3, 0.4) is 0 Å². The molecule has 0 bridgehead atoms. The molecule has 1 aliphatic rings. The fourth-order valence-electron chi connectivity index (χ4n) is 2.66. The third kappa shape index (κ3) is 4.17. The molecule has 1 atom stereocenters. The van der Waals surface area contributed by atoms with Gasteiger partial charge < -0.3 is 20.0 Å². The predicted octanol–water partition coefficient (Wildman–Crippen LogP) is 0.346. The minimum atomic E-state index is -0.998. The van der Waals surface area contributed by atoms with E-state index in [2.05, 4.69) is 4.98 Å². The lowest BCUT2D eigenvalue weighted by atomic mass is 10.0. The first-order valence-corrected chi connectivity index (χ1v) is 7.24. The highest BCUT2D eigenvalue weighted by atomic mass is 16.4. The number of carbonyl (C=O) groups is 2. The molecule has 1 aromatic heterocycles. The largest absolute Gasteiger partial charge is 0.481 e. The van der Waals surface area contributed by atoms with Gasteiger partial charge in [-0.15, -0.1) is 0 Å². The highest BCUT2D eigenvalue weighted by Gasteiger charge is 2.38. The van der Waals surface area contributed by atoms with Gasteiger partial charge in [0.1, 0.15) is 11.4 Å². The standard InChI is InChI=1S/C15H21N3O4/c1-17(13(19)5-6-14(20)21)10-15(22)7-9-18(11-15)12-4-2-3-8-16-12/h2-4,8,22H,5-7,9-11H2,1H3,(H,20,21). The average Bonchev–Trinajstić information content (AvgIpc) is 2.87. The van der Waals surface area contributed by atoms with Crippen molar-refractivity contribution in [3.8, 4) is 0 Å². The summed E-state index contributed by atoms with van der Waals surface area (Å²) in [6.45, 7) is 1.26. The van der Waals surface area contributed by atoms with Gasteiger partial charge in [-0.1, -0.05) is 6.07 Å². The van der Waals surface area contributed by atoms with Gasteiger partial charge in [0.15, 0.2) is 0 Å². The lowest BCUT2D eigenvalue weighted by molar-refractivity contribution is -0.141. The van der Waals surface area contributed by atoms with Crippen molar-refractivity contribution in [3.63, 3.8) is 0 Å². The van der Waals surface area contributed by atoms with Crippen LogP contribution < -0.4 is 4.90 Å². The lowest BCUT2D eigenvalue weighted by Gasteiger charge is -2.29. The zero-order valence-corrected chi connectivity index (χ0v) is 12.6. The number of aromatic nitrogens is 1. The molecule has 0 saturated carbocycles. The van der Waals surface area contributed by atoms with Crippen molar-refractivity contribution in [2.75, 3.05) is 31.6 Å². The molecule has 1 fully saturated rings. The van der Waals surface area contributed by atoms with Gasteiger partial charge in [0, 0.05) is 32.8 Å². The molecule has 22 heavy (non-hydrogen) atoms. The summed E-state index contributed by atoms with van der Waals surface area (Å²) in [6.07, 6.45) is 2.00. The van der Waals surface area contributed by atoms with Gasteiger partial charge >= 0.3 is 5.97 Å². The van der Waals surface area contributed by atoms with E-state index in [0.717, 1.165) is 5.82 Å². The first-order chi connectivity index (χ1) is 10.4. The van der Waals surface area contributed by atoms with Crippen LogP contribution >= 0.6 is 0 Å². The molecule has 2 N–H and O–H groups in total. The van der Waals surface area contributed by atoms with E-state index >= 15 is 0 Å². The fourth-order valence-corrected chi connectivity index (χ4v) is 2.66. The normalized spacial score (nSPS) is 20.9. The third-order valence-electron chi connectivity index (χ3n) is 3.82. The topological polar surface area (TPSA) is 94.0 Å². The maximum absolute atomic E-state index is 11.9. The number of β-amino-alcohol motifs (C(OH)–C–C–N with tert-alkyl or cyclic N) is 1. The minimum absolute atomic E-state index is 0.0497. The Kier molecular flexibility index (Phi) is 4.97. The van der Waals surface area contributed by atoms with Crippen LogP contribution in [0.2, 0.25) is 0 Å². The second-order valence-electron chi connectivity index (χ2n) is 5.73. The smallest absolute Gasteiger partial charge is 0.303 e. The summed E-state index contributed by atoms with van der Waals surface area (Å²) >= 11 is 0. The zero-order valence-electron chi connectivity index (χ0n) is 12.6. The summed E-state index contributed by atoms with van der Waals surface area (Å²) in [4.78, 5) is 30.0. The van der Waals surface area contributed by atoms with Crippen molar-refractivity contribution in [1.29, 1.82) is 0 Å². The van der Waals surface area contributed by atoms with E-state index in [1.54, 1.807) is 13.2 Å². The molecule has 1 aliphatic heterocycles. The Labute approximate surface area is 129 Å². The molecular weight excluding hydrogens is 286 g/mol. The number of rotatable bonds is 6. The summed E-state index contributed by atoms with van der Waals surface area (Å²) in [6, 6.07) is 5.61. The van der Waals surface area contributed by atoms with Crippen molar-refractivity contribution in [2.45, 2.75) is 24.9 Å². The Balaban J connectivity index is 1.90. The summed E-state index contributed by atoms with van der Waals surface area (Å²) in [5.74, 6) is -0.465. The SMILES string of the molecule is CN(CC1(O)CCN(c2ccccn2)C1)C(=O)CCC(=O)O. The molecule has 2 heterocycles. The second kappa shape index (κ2) is 6.74. The number of hydrogen-bond acceptors (Lipinski definition) is 5. The Bertz CT molecular complexity index is 537. The van der Waals surface area contributed by atoms with Gasteiger partial charge in [0.2, 0.25) is 5.91 Å². The Morgan fingerprint density at radius 2 is 2.18 bits per heavy atom. The summed E-state index contributed by atoms with van der Waals surface area (Å²) < 4.78 is 0. The van der Waals surface area contributed by atoms with E-state index in [0.29, 0.717) is 19.5 Å². The van der Waals surface area contributed by atoms with Gasteiger partial charge in [-0.05, 0) is 18.6 Å². The Hall–Kier alpha value is -2.15. The molecule has 1 amide bonds. The number of carboxylic acids is 1. The van der Waals surface area contributed by atoms with Gasteiger partial charge in [-0.3, -0.25) is 9.59 Å². The van der Waals surface area contributed by atoms with Crippen LogP contribution in [0.1, 0.15) is 19.3 Å². The fraction of sp³-hybridized carbons (Fsp3) is 0.533. The first kappa shape index (κ1) is 16.2. The van der Waals surface area contributed by atoms with E-state index in [-0.39, 0.29) is 25.3 Å². The first-order valence-electron chi connectivity index (χ1n) is 7.24. The highest BCUT2D eigenvalue weighted by molar-refractivity contribution is 5.80. The number of anilines is 1. The average molecular weight is 307 g/mol. The molecule has 120 valence electrons. The molecule has 0 aromatic carbocycles. The molecule has 1 aromatic rings. The zero-order chi connectivity index (χ0) is 16.2. The molecule has 2 rings (SSSR count). The number of likely N-dealkylation sites (N-methyl/N-ethyl adjacent to an activating group) is 1. The van der Waals surface area contributed by atoms with Crippen LogP contribution in [-0.2, 0) is 9.59 Å². The molecule has 7 nitrogen and oxygen atoms in total. The van der Waals surface area contributed by atoms with Crippen molar-refractivity contribution < 1.29 is 19.8 Å². The van der Waals surface area contributed by atoms with E-state index in [1.165, 1.54) is 4.90 Å². The van der Waals surface area contributed by atoms with Gasteiger partial charge in [0.25, 0.3) is 0 Å². The minimum Gasteiger partial charge on any atom is -0.481 e. The summed E-state index contributed by atoms with van der Waals surface area (Å²) in [5.41, 5.74) is -0.995. The molecule has 0 spiro atoms. The van der Waals surface area contributed by atoms with Crippen LogP contribution in [0.4, 0.5) is 5.82 Å². The maximum Gasteiger partial charge on any atom is 0.303 e. The maximum atomic E-state index is 11.9. The monoisotopic (exact) mass is 307 g/mol. The number of hydrogen-bond donors (Lipinski definition) is 2. The van der Waals surface area contributed by atoms with E-state index in [4.69, 9.17) is 5.11 Å². The van der Waals surface area contributed by atoms with Crippen molar-refractivity contribution in [1.82, 2.24) is 9.88 Å². The number of amides is 1. The van der Waals surface area contributed by atoms with E-state index in [9.17, 15) is 14.7 Å². The molecule has 1 saturated heterocycles. The van der Waals surface area contributed by atoms with Crippen molar-refractivity contribution in [3.05, 3.63) is 24.4 Å². The quantitative estimate of drug-likeness (QED) is 0.787. The lowest BCUT2D eigenvalue weighted by Crippen LogP contribution is -2.46. The van der Waals surface area contributed by atoms with Crippen LogP contribution in [0.5, 0.6) is 0 Å². The molecule has 0 radical (unpaired) electrons. The van der Waals surface area contributed by atoms with Crippen LogP contribution in [0, 0.1) is 0 Å². The van der Waals surface area contributed by atoms with Gasteiger partial charge in [0.05, 0.1) is 13.0 Å². The molecule has 7 heteroatoms. The van der Waals surface area contributed by atoms with E-state index in [1.807, 2.05) is 23.1 Å². The predicted molar refractivity (Wildman–Crippen MR) is 80.5 cm³/mol. The van der Waals surface area contributed by atoms with Crippen LogP contribution in [0.25, 0.3) is 0 Å².